The fourth-order valence-corrected chi connectivity index (χ4v) is 1.80. The molecule has 1 unspecified atom stereocenters. The van der Waals surface area contributed by atoms with Crippen LogP contribution in [0, 0.1) is 5.82 Å². The lowest BCUT2D eigenvalue weighted by atomic mass is 10.0. The van der Waals surface area contributed by atoms with Crippen LogP contribution < -0.4 is 5.73 Å². The first-order chi connectivity index (χ1) is 8.09. The molecule has 0 bridgehead atoms. The van der Waals surface area contributed by atoms with Crippen molar-refractivity contribution in [1.29, 1.82) is 0 Å². The smallest absolute Gasteiger partial charge is 0.146 e. The number of rotatable bonds is 2. The minimum Gasteiger partial charge on any atom is -0.319 e. The highest BCUT2D eigenvalue weighted by atomic mass is 35.5. The van der Waals surface area contributed by atoms with Crippen LogP contribution in [-0.4, -0.2) is 4.98 Å². The van der Waals surface area contributed by atoms with E-state index >= 15 is 0 Å². The van der Waals surface area contributed by atoms with Crippen LogP contribution >= 0.6 is 23.2 Å². The van der Waals surface area contributed by atoms with Gasteiger partial charge in [-0.05, 0) is 29.8 Å². The van der Waals surface area contributed by atoms with Crippen LogP contribution in [0.1, 0.15) is 17.3 Å². The Hall–Kier alpha value is -1.16. The van der Waals surface area contributed by atoms with Crippen molar-refractivity contribution in [3.63, 3.8) is 0 Å². The van der Waals surface area contributed by atoms with Gasteiger partial charge in [0, 0.05) is 6.20 Å². The Morgan fingerprint density at radius 1 is 1.18 bits per heavy atom. The summed E-state index contributed by atoms with van der Waals surface area (Å²) < 4.78 is 13.5. The van der Waals surface area contributed by atoms with Crippen molar-refractivity contribution < 1.29 is 4.39 Å². The van der Waals surface area contributed by atoms with E-state index in [0.29, 0.717) is 15.6 Å². The molecule has 0 amide bonds. The number of hydrogen-bond acceptors (Lipinski definition) is 2. The Morgan fingerprint density at radius 3 is 2.59 bits per heavy atom. The third-order valence-electron chi connectivity index (χ3n) is 2.38. The standard InChI is InChI=1S/C12H9Cl2FN2/c13-8-4-3-7(6-9(8)14)11(16)12-10(15)2-1-5-17-12/h1-6,11H,16H2. The molecular formula is C12H9Cl2FN2. The fourth-order valence-electron chi connectivity index (χ4n) is 1.49. The first-order valence-corrected chi connectivity index (χ1v) is 5.66. The number of benzene rings is 1. The highest BCUT2D eigenvalue weighted by Crippen LogP contribution is 2.27. The number of hydrogen-bond donors (Lipinski definition) is 1. The van der Waals surface area contributed by atoms with E-state index in [4.69, 9.17) is 28.9 Å². The van der Waals surface area contributed by atoms with E-state index in [2.05, 4.69) is 4.98 Å². The summed E-state index contributed by atoms with van der Waals surface area (Å²) >= 11 is 11.7. The van der Waals surface area contributed by atoms with Crippen molar-refractivity contribution in [1.82, 2.24) is 4.98 Å². The van der Waals surface area contributed by atoms with Crippen molar-refractivity contribution in [2.45, 2.75) is 6.04 Å². The van der Waals surface area contributed by atoms with Crippen LogP contribution in [0.15, 0.2) is 36.5 Å². The Balaban J connectivity index is 2.40. The average molecular weight is 271 g/mol. The zero-order chi connectivity index (χ0) is 12.4. The van der Waals surface area contributed by atoms with Crippen LogP contribution in [0.5, 0.6) is 0 Å². The third kappa shape index (κ3) is 2.57. The van der Waals surface area contributed by atoms with Crippen LogP contribution in [0.25, 0.3) is 0 Å². The largest absolute Gasteiger partial charge is 0.319 e. The lowest BCUT2D eigenvalue weighted by molar-refractivity contribution is 0.586. The van der Waals surface area contributed by atoms with Gasteiger partial charge in [-0.2, -0.15) is 0 Å². The highest BCUT2D eigenvalue weighted by Gasteiger charge is 2.15. The summed E-state index contributed by atoms with van der Waals surface area (Å²) in [6.07, 6.45) is 1.50. The third-order valence-corrected chi connectivity index (χ3v) is 3.12. The van der Waals surface area contributed by atoms with E-state index in [-0.39, 0.29) is 5.69 Å². The monoisotopic (exact) mass is 270 g/mol. The summed E-state index contributed by atoms with van der Waals surface area (Å²) in [5.41, 5.74) is 6.78. The van der Waals surface area contributed by atoms with E-state index in [1.807, 2.05) is 0 Å². The molecule has 0 aliphatic carbocycles. The molecule has 1 aromatic heterocycles. The molecule has 1 atom stereocenters. The molecule has 0 saturated carbocycles. The lowest BCUT2D eigenvalue weighted by Gasteiger charge is -2.12. The minimum absolute atomic E-state index is 0.186. The molecule has 0 aliphatic heterocycles. The first-order valence-electron chi connectivity index (χ1n) is 4.90. The minimum atomic E-state index is -0.661. The maximum Gasteiger partial charge on any atom is 0.146 e. The molecule has 1 aromatic carbocycles. The average Bonchev–Trinajstić information content (AvgIpc) is 2.32. The van der Waals surface area contributed by atoms with Gasteiger partial charge in [0.2, 0.25) is 0 Å². The molecule has 17 heavy (non-hydrogen) atoms. The van der Waals surface area contributed by atoms with Gasteiger partial charge in [0.15, 0.2) is 0 Å². The first kappa shape index (κ1) is 12.3. The van der Waals surface area contributed by atoms with Gasteiger partial charge in [-0.15, -0.1) is 0 Å². The van der Waals surface area contributed by atoms with Gasteiger partial charge in [-0.3, -0.25) is 4.98 Å². The number of aromatic nitrogens is 1. The summed E-state index contributed by atoms with van der Waals surface area (Å²) in [7, 11) is 0. The molecule has 88 valence electrons. The molecule has 2 rings (SSSR count). The maximum absolute atomic E-state index is 13.5. The second-order valence-electron chi connectivity index (χ2n) is 3.52. The molecule has 5 heteroatoms. The number of pyridine rings is 1. The Morgan fingerprint density at radius 2 is 1.94 bits per heavy atom. The number of halogens is 3. The predicted octanol–water partition coefficient (Wildman–Crippen LogP) is 3.58. The van der Waals surface area contributed by atoms with E-state index in [1.54, 1.807) is 18.2 Å². The second kappa shape index (κ2) is 5.00. The zero-order valence-corrected chi connectivity index (χ0v) is 10.2. The molecule has 2 N–H and O–H groups in total. The summed E-state index contributed by atoms with van der Waals surface area (Å²) in [5, 5.41) is 0.820. The maximum atomic E-state index is 13.5. The summed E-state index contributed by atoms with van der Waals surface area (Å²) in [4.78, 5) is 3.93. The van der Waals surface area contributed by atoms with E-state index in [1.165, 1.54) is 18.3 Å². The number of nitrogens with two attached hydrogens (primary N) is 1. The van der Waals surface area contributed by atoms with Crippen molar-refractivity contribution in [2.75, 3.05) is 0 Å². The molecule has 0 fully saturated rings. The fraction of sp³-hybridized carbons (Fsp3) is 0.0833. The summed E-state index contributed by atoms with van der Waals surface area (Å²) in [6, 6.07) is 7.11. The van der Waals surface area contributed by atoms with Gasteiger partial charge in [0.05, 0.1) is 21.8 Å². The van der Waals surface area contributed by atoms with Crippen molar-refractivity contribution in [3.05, 3.63) is 63.6 Å². The van der Waals surface area contributed by atoms with Gasteiger partial charge in [0.1, 0.15) is 5.82 Å². The number of nitrogens with zero attached hydrogens (tertiary/aromatic N) is 1. The van der Waals surface area contributed by atoms with E-state index < -0.39 is 11.9 Å². The van der Waals surface area contributed by atoms with Gasteiger partial charge >= 0.3 is 0 Å². The molecule has 2 nitrogen and oxygen atoms in total. The Kier molecular flexibility index (Phi) is 3.62. The van der Waals surface area contributed by atoms with Crippen LogP contribution in [0.2, 0.25) is 10.0 Å². The molecule has 0 saturated heterocycles. The molecular weight excluding hydrogens is 262 g/mol. The normalized spacial score (nSPS) is 12.5. The Bertz CT molecular complexity index is 546. The molecule has 0 aliphatic rings. The quantitative estimate of drug-likeness (QED) is 0.906. The summed E-state index contributed by atoms with van der Waals surface area (Å²) in [6.45, 7) is 0. The topological polar surface area (TPSA) is 38.9 Å². The van der Waals surface area contributed by atoms with Crippen LogP contribution in [-0.2, 0) is 0 Å². The van der Waals surface area contributed by atoms with E-state index in [9.17, 15) is 4.39 Å². The summed E-state index contributed by atoms with van der Waals surface area (Å²) in [5.74, 6) is -0.439. The van der Waals surface area contributed by atoms with Gasteiger partial charge in [-0.25, -0.2) is 4.39 Å². The van der Waals surface area contributed by atoms with E-state index in [0.717, 1.165) is 0 Å². The van der Waals surface area contributed by atoms with Crippen LogP contribution in [0.3, 0.4) is 0 Å². The molecule has 0 spiro atoms. The van der Waals surface area contributed by atoms with Crippen molar-refractivity contribution in [2.24, 2.45) is 5.73 Å². The highest BCUT2D eigenvalue weighted by molar-refractivity contribution is 6.42. The zero-order valence-electron chi connectivity index (χ0n) is 8.70. The van der Waals surface area contributed by atoms with Gasteiger partial charge in [0.25, 0.3) is 0 Å². The lowest BCUT2D eigenvalue weighted by Crippen LogP contribution is -2.15. The SMILES string of the molecule is NC(c1ccc(Cl)c(Cl)c1)c1ncccc1F. The second-order valence-corrected chi connectivity index (χ2v) is 4.34. The van der Waals surface area contributed by atoms with Gasteiger partial charge in [-0.1, -0.05) is 29.3 Å². The van der Waals surface area contributed by atoms with Crippen molar-refractivity contribution >= 4 is 23.2 Å². The van der Waals surface area contributed by atoms with Crippen molar-refractivity contribution in [3.8, 4) is 0 Å². The van der Waals surface area contributed by atoms with Crippen LogP contribution in [0.4, 0.5) is 4.39 Å². The predicted molar refractivity (Wildman–Crippen MR) is 66.7 cm³/mol. The Labute approximate surface area is 108 Å². The molecule has 0 radical (unpaired) electrons. The van der Waals surface area contributed by atoms with Gasteiger partial charge < -0.3 is 5.73 Å². The molecule has 2 aromatic rings. The molecule has 1 heterocycles.